The van der Waals surface area contributed by atoms with E-state index in [9.17, 15) is 0 Å². The van der Waals surface area contributed by atoms with E-state index in [1.165, 1.54) is 11.3 Å². The molecule has 2 heterocycles. The van der Waals surface area contributed by atoms with Crippen LogP contribution in [0.25, 0.3) is 0 Å². The number of nitrogens with zero attached hydrogens (tertiary/aromatic N) is 2. The Morgan fingerprint density at radius 2 is 2.21 bits per heavy atom. The predicted octanol–water partition coefficient (Wildman–Crippen LogP) is 1.05. The molecule has 0 spiro atoms. The van der Waals surface area contributed by atoms with E-state index in [-0.39, 0.29) is 0 Å². The summed E-state index contributed by atoms with van der Waals surface area (Å²) in [5, 5.41) is 3.36. The normalized spacial score (nSPS) is 17.1. The molecular formula is C11H17N3. The van der Waals surface area contributed by atoms with Gasteiger partial charge < -0.3 is 10.2 Å². The molecule has 0 unspecified atom stereocenters. The SMILES string of the molecule is CCc1ccncc1N1CCNCC1. The molecule has 1 aromatic rings. The van der Waals surface area contributed by atoms with Crippen LogP contribution in [0.1, 0.15) is 12.5 Å². The van der Waals surface area contributed by atoms with Crippen LogP contribution in [0.5, 0.6) is 0 Å². The minimum atomic E-state index is 1.08. The summed E-state index contributed by atoms with van der Waals surface area (Å²) in [7, 11) is 0. The zero-order chi connectivity index (χ0) is 9.80. The van der Waals surface area contributed by atoms with Gasteiger partial charge in [-0.2, -0.15) is 0 Å². The highest BCUT2D eigenvalue weighted by atomic mass is 15.2. The fraction of sp³-hybridized carbons (Fsp3) is 0.545. The Balaban J connectivity index is 2.20. The zero-order valence-corrected chi connectivity index (χ0v) is 8.66. The van der Waals surface area contributed by atoms with Crippen molar-refractivity contribution in [2.45, 2.75) is 13.3 Å². The number of anilines is 1. The molecule has 0 saturated carbocycles. The highest BCUT2D eigenvalue weighted by molar-refractivity contribution is 5.52. The molecule has 0 radical (unpaired) electrons. The first kappa shape index (κ1) is 9.46. The molecule has 1 fully saturated rings. The number of hydrogen-bond donors (Lipinski definition) is 1. The topological polar surface area (TPSA) is 28.2 Å². The molecule has 1 aromatic heterocycles. The second kappa shape index (κ2) is 4.42. The molecule has 76 valence electrons. The van der Waals surface area contributed by atoms with Gasteiger partial charge in [0.2, 0.25) is 0 Å². The minimum absolute atomic E-state index is 1.08. The number of piperazine rings is 1. The Bertz CT molecular complexity index is 292. The van der Waals surface area contributed by atoms with Crippen LogP contribution in [0.15, 0.2) is 18.5 Å². The summed E-state index contributed by atoms with van der Waals surface area (Å²) in [6, 6.07) is 2.12. The maximum Gasteiger partial charge on any atom is 0.0586 e. The van der Waals surface area contributed by atoms with Crippen molar-refractivity contribution in [3.05, 3.63) is 24.0 Å². The van der Waals surface area contributed by atoms with Gasteiger partial charge in [0.1, 0.15) is 0 Å². The lowest BCUT2D eigenvalue weighted by Crippen LogP contribution is -2.43. The third kappa shape index (κ3) is 1.87. The molecule has 0 bridgehead atoms. The standard InChI is InChI=1S/C11H17N3/c1-2-10-3-4-13-9-11(10)14-7-5-12-6-8-14/h3-4,9,12H,2,5-8H2,1H3. The molecule has 1 aliphatic rings. The molecular weight excluding hydrogens is 174 g/mol. The van der Waals surface area contributed by atoms with Crippen molar-refractivity contribution >= 4 is 5.69 Å². The fourth-order valence-electron chi connectivity index (χ4n) is 1.90. The van der Waals surface area contributed by atoms with Crippen molar-refractivity contribution in [3.8, 4) is 0 Å². The number of hydrogen-bond acceptors (Lipinski definition) is 3. The van der Waals surface area contributed by atoms with Crippen LogP contribution in [0.3, 0.4) is 0 Å². The largest absolute Gasteiger partial charge is 0.368 e. The van der Waals surface area contributed by atoms with Crippen molar-refractivity contribution < 1.29 is 0 Å². The number of aromatic nitrogens is 1. The van der Waals surface area contributed by atoms with Gasteiger partial charge in [-0.15, -0.1) is 0 Å². The molecule has 1 saturated heterocycles. The van der Waals surface area contributed by atoms with Gasteiger partial charge in [-0.1, -0.05) is 6.92 Å². The van der Waals surface area contributed by atoms with Crippen molar-refractivity contribution in [2.75, 3.05) is 31.1 Å². The number of nitrogens with one attached hydrogen (secondary N) is 1. The molecule has 0 atom stereocenters. The summed E-state index contributed by atoms with van der Waals surface area (Å²) >= 11 is 0. The van der Waals surface area contributed by atoms with Crippen molar-refractivity contribution in [1.29, 1.82) is 0 Å². The number of aryl methyl sites for hydroxylation is 1. The van der Waals surface area contributed by atoms with Gasteiger partial charge in [-0.25, -0.2) is 0 Å². The smallest absolute Gasteiger partial charge is 0.0586 e. The Hall–Kier alpha value is -1.09. The maximum absolute atomic E-state index is 4.21. The maximum atomic E-state index is 4.21. The van der Waals surface area contributed by atoms with Gasteiger partial charge >= 0.3 is 0 Å². The molecule has 3 nitrogen and oxygen atoms in total. The average Bonchev–Trinajstić information content (AvgIpc) is 2.30. The van der Waals surface area contributed by atoms with E-state index < -0.39 is 0 Å². The van der Waals surface area contributed by atoms with Crippen molar-refractivity contribution in [3.63, 3.8) is 0 Å². The first-order chi connectivity index (χ1) is 6.92. The number of rotatable bonds is 2. The summed E-state index contributed by atoms with van der Waals surface area (Å²) < 4.78 is 0. The predicted molar refractivity (Wildman–Crippen MR) is 58.7 cm³/mol. The van der Waals surface area contributed by atoms with Crippen LogP contribution in [0.2, 0.25) is 0 Å². The second-order valence-electron chi connectivity index (χ2n) is 3.59. The van der Waals surface area contributed by atoms with Gasteiger partial charge in [0.15, 0.2) is 0 Å². The van der Waals surface area contributed by atoms with Crippen LogP contribution >= 0.6 is 0 Å². The number of pyridine rings is 1. The van der Waals surface area contributed by atoms with Crippen LogP contribution < -0.4 is 10.2 Å². The van der Waals surface area contributed by atoms with Crippen LogP contribution in [0, 0.1) is 0 Å². The van der Waals surface area contributed by atoms with Gasteiger partial charge in [-0.3, -0.25) is 4.98 Å². The van der Waals surface area contributed by atoms with E-state index in [2.05, 4.69) is 28.2 Å². The molecule has 1 aliphatic heterocycles. The Labute approximate surface area is 85.1 Å². The van der Waals surface area contributed by atoms with E-state index in [4.69, 9.17) is 0 Å². The molecule has 14 heavy (non-hydrogen) atoms. The summed E-state index contributed by atoms with van der Waals surface area (Å²) in [6.07, 6.45) is 4.95. The van der Waals surface area contributed by atoms with Crippen LogP contribution in [-0.2, 0) is 6.42 Å². The van der Waals surface area contributed by atoms with Gasteiger partial charge in [0, 0.05) is 32.4 Å². The second-order valence-corrected chi connectivity index (χ2v) is 3.59. The lowest BCUT2D eigenvalue weighted by molar-refractivity contribution is 0.587. The third-order valence-electron chi connectivity index (χ3n) is 2.73. The van der Waals surface area contributed by atoms with E-state index in [0.29, 0.717) is 0 Å². The highest BCUT2D eigenvalue weighted by Crippen LogP contribution is 2.19. The van der Waals surface area contributed by atoms with Gasteiger partial charge in [0.05, 0.1) is 11.9 Å². The Kier molecular flexibility index (Phi) is 2.99. The summed E-state index contributed by atoms with van der Waals surface area (Å²) in [5.41, 5.74) is 2.72. The molecule has 0 aromatic carbocycles. The van der Waals surface area contributed by atoms with Gasteiger partial charge in [0.25, 0.3) is 0 Å². The van der Waals surface area contributed by atoms with E-state index in [1.54, 1.807) is 0 Å². The van der Waals surface area contributed by atoms with E-state index in [1.807, 2.05) is 12.4 Å². The van der Waals surface area contributed by atoms with Crippen LogP contribution in [0.4, 0.5) is 5.69 Å². The van der Waals surface area contributed by atoms with Crippen LogP contribution in [-0.4, -0.2) is 31.2 Å². The molecule has 1 N–H and O–H groups in total. The minimum Gasteiger partial charge on any atom is -0.368 e. The quantitative estimate of drug-likeness (QED) is 0.757. The average molecular weight is 191 g/mol. The van der Waals surface area contributed by atoms with Crippen molar-refractivity contribution in [1.82, 2.24) is 10.3 Å². The third-order valence-corrected chi connectivity index (χ3v) is 2.73. The lowest BCUT2D eigenvalue weighted by Gasteiger charge is -2.30. The van der Waals surface area contributed by atoms with E-state index >= 15 is 0 Å². The van der Waals surface area contributed by atoms with Gasteiger partial charge in [-0.05, 0) is 18.1 Å². The first-order valence-electron chi connectivity index (χ1n) is 5.30. The first-order valence-corrected chi connectivity index (χ1v) is 5.30. The van der Waals surface area contributed by atoms with E-state index in [0.717, 1.165) is 32.6 Å². The highest BCUT2D eigenvalue weighted by Gasteiger charge is 2.12. The lowest BCUT2D eigenvalue weighted by atomic mass is 10.1. The molecule has 0 amide bonds. The Morgan fingerprint density at radius 3 is 2.93 bits per heavy atom. The molecule has 0 aliphatic carbocycles. The van der Waals surface area contributed by atoms with Crippen molar-refractivity contribution in [2.24, 2.45) is 0 Å². The summed E-state index contributed by atoms with van der Waals surface area (Å²) in [5.74, 6) is 0. The zero-order valence-electron chi connectivity index (χ0n) is 8.66. The monoisotopic (exact) mass is 191 g/mol. The fourth-order valence-corrected chi connectivity index (χ4v) is 1.90. The molecule has 3 heteroatoms. The summed E-state index contributed by atoms with van der Waals surface area (Å²) in [6.45, 7) is 6.55. The molecule has 2 rings (SSSR count). The Morgan fingerprint density at radius 1 is 1.43 bits per heavy atom. The summed E-state index contributed by atoms with van der Waals surface area (Å²) in [4.78, 5) is 6.63.